The number of aryl methyl sites for hydroxylation is 1. The molecule has 0 unspecified atom stereocenters. The van der Waals surface area contributed by atoms with E-state index in [0.717, 1.165) is 6.54 Å². The van der Waals surface area contributed by atoms with Crippen LogP contribution in [0.1, 0.15) is 24.0 Å². The molecule has 1 nitrogen and oxygen atoms in total. The minimum atomic E-state index is 0.468. The van der Waals surface area contributed by atoms with E-state index >= 15 is 0 Å². The van der Waals surface area contributed by atoms with Crippen molar-refractivity contribution >= 4 is 0 Å². The fraction of sp³-hybridized carbons (Fsp3) is 0.500. The van der Waals surface area contributed by atoms with E-state index in [1.54, 1.807) is 0 Å². The number of rotatable bonds is 3. The molecule has 0 heterocycles. The molecule has 1 heteroatoms. The Balaban J connectivity index is 2.06. The van der Waals surface area contributed by atoms with Gasteiger partial charge < -0.3 is 5.73 Å². The molecule has 70 valence electrons. The molecule has 0 aliphatic heterocycles. The zero-order chi connectivity index (χ0) is 9.31. The third-order valence-electron chi connectivity index (χ3n) is 3.09. The Kier molecular flexibility index (Phi) is 2.12. The molecule has 1 aromatic rings. The van der Waals surface area contributed by atoms with E-state index in [9.17, 15) is 0 Å². The van der Waals surface area contributed by atoms with Gasteiger partial charge >= 0.3 is 0 Å². The zero-order valence-electron chi connectivity index (χ0n) is 8.22. The second-order valence-corrected chi connectivity index (χ2v) is 4.37. The van der Waals surface area contributed by atoms with Crippen LogP contribution in [0.4, 0.5) is 0 Å². The van der Waals surface area contributed by atoms with Crippen molar-refractivity contribution in [2.45, 2.75) is 26.2 Å². The van der Waals surface area contributed by atoms with Crippen LogP contribution >= 0.6 is 0 Å². The van der Waals surface area contributed by atoms with Crippen LogP contribution in [0.3, 0.4) is 0 Å². The minimum absolute atomic E-state index is 0.468. The van der Waals surface area contributed by atoms with Gasteiger partial charge in [0.25, 0.3) is 0 Å². The maximum atomic E-state index is 5.75. The molecule has 0 spiro atoms. The molecule has 1 saturated carbocycles. The topological polar surface area (TPSA) is 26.0 Å². The number of benzene rings is 1. The molecule has 2 N–H and O–H groups in total. The fourth-order valence-electron chi connectivity index (χ4n) is 1.77. The first-order valence-corrected chi connectivity index (χ1v) is 5.00. The molecule has 0 aromatic heterocycles. The Morgan fingerprint density at radius 3 is 2.31 bits per heavy atom. The highest BCUT2D eigenvalue weighted by atomic mass is 14.6. The van der Waals surface area contributed by atoms with E-state index in [-0.39, 0.29) is 0 Å². The normalized spacial score (nSPS) is 18.6. The molecule has 2 rings (SSSR count). The maximum Gasteiger partial charge on any atom is -0.00173 e. The monoisotopic (exact) mass is 175 g/mol. The average Bonchev–Trinajstić information content (AvgIpc) is 2.90. The van der Waals surface area contributed by atoms with Crippen LogP contribution in [-0.2, 0) is 6.42 Å². The van der Waals surface area contributed by atoms with Crippen molar-refractivity contribution < 1.29 is 0 Å². The first kappa shape index (κ1) is 8.76. The number of nitrogens with two attached hydrogens (primary N) is 1. The van der Waals surface area contributed by atoms with Crippen molar-refractivity contribution in [3.63, 3.8) is 0 Å². The molecular weight excluding hydrogens is 158 g/mol. The lowest BCUT2D eigenvalue weighted by molar-refractivity contribution is 0.521. The van der Waals surface area contributed by atoms with Gasteiger partial charge in [-0.1, -0.05) is 29.8 Å². The van der Waals surface area contributed by atoms with Crippen molar-refractivity contribution in [1.29, 1.82) is 0 Å². The molecule has 1 aromatic carbocycles. The molecule has 13 heavy (non-hydrogen) atoms. The molecule has 1 aliphatic carbocycles. The molecule has 0 radical (unpaired) electrons. The summed E-state index contributed by atoms with van der Waals surface area (Å²) in [5, 5.41) is 0. The van der Waals surface area contributed by atoms with E-state index in [1.807, 2.05) is 0 Å². The van der Waals surface area contributed by atoms with Crippen molar-refractivity contribution in [1.82, 2.24) is 0 Å². The smallest absolute Gasteiger partial charge is 0.00173 e. The summed E-state index contributed by atoms with van der Waals surface area (Å²) in [6.07, 6.45) is 3.80. The zero-order valence-corrected chi connectivity index (χ0v) is 8.22. The lowest BCUT2D eigenvalue weighted by Crippen LogP contribution is -2.17. The Labute approximate surface area is 80.0 Å². The van der Waals surface area contributed by atoms with Crippen molar-refractivity contribution in [2.24, 2.45) is 11.1 Å². The second kappa shape index (κ2) is 3.15. The van der Waals surface area contributed by atoms with Crippen LogP contribution < -0.4 is 5.73 Å². The lowest BCUT2D eigenvalue weighted by atomic mass is 9.96. The third-order valence-corrected chi connectivity index (χ3v) is 3.09. The second-order valence-electron chi connectivity index (χ2n) is 4.37. The van der Waals surface area contributed by atoms with Gasteiger partial charge in [-0.25, -0.2) is 0 Å². The summed E-state index contributed by atoms with van der Waals surface area (Å²) in [4.78, 5) is 0. The third kappa shape index (κ3) is 1.92. The summed E-state index contributed by atoms with van der Waals surface area (Å²) in [7, 11) is 0. The fourth-order valence-corrected chi connectivity index (χ4v) is 1.77. The summed E-state index contributed by atoms with van der Waals surface area (Å²) in [6, 6.07) is 8.82. The Bertz CT molecular complexity index is 282. The van der Waals surface area contributed by atoms with Gasteiger partial charge in [0.1, 0.15) is 0 Å². The van der Waals surface area contributed by atoms with Crippen LogP contribution in [0.2, 0.25) is 0 Å². The minimum Gasteiger partial charge on any atom is -0.330 e. The lowest BCUT2D eigenvalue weighted by Gasteiger charge is -2.11. The Morgan fingerprint density at radius 2 is 1.85 bits per heavy atom. The van der Waals surface area contributed by atoms with Crippen LogP contribution in [-0.4, -0.2) is 6.54 Å². The summed E-state index contributed by atoms with van der Waals surface area (Å²) < 4.78 is 0. The van der Waals surface area contributed by atoms with Gasteiger partial charge in [-0.15, -0.1) is 0 Å². The molecule has 1 aliphatic rings. The molecule has 0 amide bonds. The van der Waals surface area contributed by atoms with Crippen molar-refractivity contribution in [2.75, 3.05) is 6.54 Å². The van der Waals surface area contributed by atoms with Gasteiger partial charge in [-0.2, -0.15) is 0 Å². The first-order chi connectivity index (χ1) is 6.24. The highest BCUT2D eigenvalue weighted by Crippen LogP contribution is 2.47. The highest BCUT2D eigenvalue weighted by Gasteiger charge is 2.40. The Morgan fingerprint density at radius 1 is 1.23 bits per heavy atom. The van der Waals surface area contributed by atoms with Crippen LogP contribution in [0.15, 0.2) is 24.3 Å². The summed E-state index contributed by atoms with van der Waals surface area (Å²) >= 11 is 0. The quantitative estimate of drug-likeness (QED) is 0.749. The number of hydrogen-bond acceptors (Lipinski definition) is 1. The predicted molar refractivity (Wildman–Crippen MR) is 55.6 cm³/mol. The van der Waals surface area contributed by atoms with Gasteiger partial charge in [0.2, 0.25) is 0 Å². The summed E-state index contributed by atoms with van der Waals surface area (Å²) in [6.45, 7) is 2.97. The van der Waals surface area contributed by atoms with Gasteiger partial charge in [-0.05, 0) is 43.7 Å². The summed E-state index contributed by atoms with van der Waals surface area (Å²) in [5.74, 6) is 0. The molecule has 0 bridgehead atoms. The van der Waals surface area contributed by atoms with Gasteiger partial charge in [0.15, 0.2) is 0 Å². The van der Waals surface area contributed by atoms with Crippen LogP contribution in [0, 0.1) is 12.3 Å². The summed E-state index contributed by atoms with van der Waals surface area (Å²) in [5.41, 5.74) is 8.99. The van der Waals surface area contributed by atoms with Crippen LogP contribution in [0.25, 0.3) is 0 Å². The molecule has 0 saturated heterocycles. The SMILES string of the molecule is Cc1ccc(CC2(CN)CC2)cc1. The van der Waals surface area contributed by atoms with E-state index < -0.39 is 0 Å². The first-order valence-electron chi connectivity index (χ1n) is 5.00. The maximum absolute atomic E-state index is 5.75. The van der Waals surface area contributed by atoms with E-state index in [2.05, 4.69) is 31.2 Å². The van der Waals surface area contributed by atoms with E-state index in [0.29, 0.717) is 5.41 Å². The van der Waals surface area contributed by atoms with Crippen molar-refractivity contribution in [3.8, 4) is 0 Å². The molecule has 1 fully saturated rings. The largest absolute Gasteiger partial charge is 0.330 e. The average molecular weight is 175 g/mol. The molecule has 0 atom stereocenters. The Hall–Kier alpha value is -0.820. The van der Waals surface area contributed by atoms with Gasteiger partial charge in [0.05, 0.1) is 0 Å². The molecular formula is C12H17N. The van der Waals surface area contributed by atoms with E-state index in [4.69, 9.17) is 5.73 Å². The predicted octanol–water partition coefficient (Wildman–Crippen LogP) is 2.28. The standard InChI is InChI=1S/C12H17N/c1-10-2-4-11(5-3-10)8-12(9-13)6-7-12/h2-5H,6-9,13H2,1H3. The van der Waals surface area contributed by atoms with Gasteiger partial charge in [-0.3, -0.25) is 0 Å². The van der Waals surface area contributed by atoms with Crippen LogP contribution in [0.5, 0.6) is 0 Å². The van der Waals surface area contributed by atoms with Crippen molar-refractivity contribution in [3.05, 3.63) is 35.4 Å². The number of hydrogen-bond donors (Lipinski definition) is 1. The van der Waals surface area contributed by atoms with Gasteiger partial charge in [0, 0.05) is 0 Å². The highest BCUT2D eigenvalue weighted by molar-refractivity contribution is 5.23. The van der Waals surface area contributed by atoms with E-state index in [1.165, 1.54) is 30.4 Å².